The summed E-state index contributed by atoms with van der Waals surface area (Å²) in [5.41, 5.74) is 5.47. The van der Waals surface area contributed by atoms with Gasteiger partial charge in [0.1, 0.15) is 5.75 Å². The summed E-state index contributed by atoms with van der Waals surface area (Å²) in [4.78, 5) is 0. The Hall–Kier alpha value is -1.77. The van der Waals surface area contributed by atoms with Crippen LogP contribution in [-0.2, 0) is 0 Å². The number of anilines is 1. The van der Waals surface area contributed by atoms with E-state index in [2.05, 4.69) is 0 Å². The molecule has 0 heterocycles. The van der Waals surface area contributed by atoms with Gasteiger partial charge in [0.2, 0.25) is 0 Å². The molecule has 0 saturated heterocycles. The van der Waals surface area contributed by atoms with Crippen LogP contribution >= 0.6 is 0 Å². The first-order valence-corrected chi connectivity index (χ1v) is 3.86. The molecule has 0 unspecified atom stereocenters. The van der Waals surface area contributed by atoms with E-state index in [1.807, 2.05) is 0 Å². The molecule has 2 nitrogen and oxygen atoms in total. The Labute approximate surface area is 74.4 Å². The van der Waals surface area contributed by atoms with E-state index in [0.717, 1.165) is 0 Å². The zero-order valence-electron chi connectivity index (χ0n) is 6.79. The highest BCUT2D eigenvalue weighted by molar-refractivity contribution is 5.90. The lowest BCUT2D eigenvalue weighted by atomic mass is 10.1. The molecule has 2 aromatic rings. The third-order valence-corrected chi connectivity index (χ3v) is 2.00. The van der Waals surface area contributed by atoms with Crippen LogP contribution in [-0.4, -0.2) is 5.11 Å². The van der Waals surface area contributed by atoms with Crippen molar-refractivity contribution in [2.45, 2.75) is 0 Å². The summed E-state index contributed by atoms with van der Waals surface area (Å²) in [6, 6.07) is 7.72. The van der Waals surface area contributed by atoms with Crippen molar-refractivity contribution in [2.75, 3.05) is 5.73 Å². The number of aromatic hydroxyl groups is 1. The van der Waals surface area contributed by atoms with Crippen molar-refractivity contribution in [1.29, 1.82) is 0 Å². The number of halogens is 1. The molecule has 0 bridgehead atoms. The largest absolute Gasteiger partial charge is 0.507 e. The van der Waals surface area contributed by atoms with E-state index in [9.17, 15) is 9.50 Å². The molecule has 3 heteroatoms. The number of benzene rings is 2. The molecule has 0 spiro atoms. The van der Waals surface area contributed by atoms with Gasteiger partial charge in [-0.3, -0.25) is 0 Å². The number of phenols is 1. The van der Waals surface area contributed by atoms with Crippen LogP contribution in [0.25, 0.3) is 10.8 Å². The number of nitrogens with two attached hydrogens (primary N) is 1. The van der Waals surface area contributed by atoms with Crippen LogP contribution in [0.5, 0.6) is 5.75 Å². The number of hydrogen-bond acceptors (Lipinski definition) is 2. The van der Waals surface area contributed by atoms with Crippen molar-refractivity contribution in [2.24, 2.45) is 0 Å². The lowest BCUT2D eigenvalue weighted by molar-refractivity contribution is 0.481. The number of fused-ring (bicyclic) bond motifs is 1. The topological polar surface area (TPSA) is 46.2 Å². The van der Waals surface area contributed by atoms with Crippen molar-refractivity contribution >= 4 is 16.5 Å². The SMILES string of the molecule is Nc1ccc2c(O)cccc2c1F. The summed E-state index contributed by atoms with van der Waals surface area (Å²) in [5.74, 6) is -0.412. The van der Waals surface area contributed by atoms with Crippen LogP contribution in [0.15, 0.2) is 30.3 Å². The molecular weight excluding hydrogens is 169 g/mol. The van der Waals surface area contributed by atoms with Crippen LogP contribution in [0.3, 0.4) is 0 Å². The fraction of sp³-hybridized carbons (Fsp3) is 0. The van der Waals surface area contributed by atoms with Crippen LogP contribution in [0, 0.1) is 5.82 Å². The highest BCUT2D eigenvalue weighted by Gasteiger charge is 2.06. The Morgan fingerprint density at radius 3 is 2.62 bits per heavy atom. The monoisotopic (exact) mass is 177 g/mol. The third kappa shape index (κ3) is 1.09. The minimum atomic E-state index is -0.478. The molecule has 0 atom stereocenters. The molecule has 0 aliphatic heterocycles. The van der Waals surface area contributed by atoms with E-state index in [1.165, 1.54) is 12.1 Å². The molecule has 0 aliphatic rings. The fourth-order valence-electron chi connectivity index (χ4n) is 1.32. The van der Waals surface area contributed by atoms with Gasteiger partial charge in [0.15, 0.2) is 5.82 Å². The molecule has 0 fully saturated rings. The average molecular weight is 177 g/mol. The number of hydrogen-bond donors (Lipinski definition) is 2. The van der Waals surface area contributed by atoms with Crippen molar-refractivity contribution in [3.63, 3.8) is 0 Å². The Kier molecular flexibility index (Phi) is 1.59. The van der Waals surface area contributed by atoms with Gasteiger partial charge in [-0.15, -0.1) is 0 Å². The molecule has 66 valence electrons. The molecule has 0 aromatic heterocycles. The van der Waals surface area contributed by atoms with E-state index in [4.69, 9.17) is 5.73 Å². The van der Waals surface area contributed by atoms with Gasteiger partial charge in [0, 0.05) is 10.8 Å². The van der Waals surface area contributed by atoms with Gasteiger partial charge >= 0.3 is 0 Å². The van der Waals surface area contributed by atoms with Crippen LogP contribution < -0.4 is 5.73 Å². The third-order valence-electron chi connectivity index (χ3n) is 2.00. The molecular formula is C10H8FNO. The lowest BCUT2D eigenvalue weighted by Crippen LogP contribution is -1.90. The van der Waals surface area contributed by atoms with Gasteiger partial charge in [-0.1, -0.05) is 12.1 Å². The zero-order chi connectivity index (χ0) is 9.42. The standard InChI is InChI=1S/C10H8FNO/c11-10-7-2-1-3-9(13)6(7)4-5-8(10)12/h1-5,13H,12H2. The summed E-state index contributed by atoms with van der Waals surface area (Å²) in [7, 11) is 0. The maximum absolute atomic E-state index is 13.3. The summed E-state index contributed by atoms with van der Waals surface area (Å²) < 4.78 is 13.3. The Morgan fingerprint density at radius 2 is 1.85 bits per heavy atom. The number of phenolic OH excluding ortho intramolecular Hbond substituents is 1. The maximum Gasteiger partial charge on any atom is 0.154 e. The van der Waals surface area contributed by atoms with E-state index in [1.54, 1.807) is 18.2 Å². The second kappa shape index (κ2) is 2.62. The Morgan fingerprint density at radius 1 is 1.08 bits per heavy atom. The molecule has 0 aliphatic carbocycles. The molecule has 3 N–H and O–H groups in total. The Bertz CT molecular complexity index is 468. The van der Waals surface area contributed by atoms with E-state index in [0.29, 0.717) is 10.8 Å². The van der Waals surface area contributed by atoms with Crippen molar-refractivity contribution < 1.29 is 9.50 Å². The highest BCUT2D eigenvalue weighted by Crippen LogP contribution is 2.28. The predicted octanol–water partition coefficient (Wildman–Crippen LogP) is 2.27. The van der Waals surface area contributed by atoms with Crippen LogP contribution in [0.2, 0.25) is 0 Å². The van der Waals surface area contributed by atoms with Gasteiger partial charge in [0.05, 0.1) is 5.69 Å². The molecule has 0 saturated carbocycles. The smallest absolute Gasteiger partial charge is 0.154 e. The second-order valence-corrected chi connectivity index (χ2v) is 2.84. The highest BCUT2D eigenvalue weighted by atomic mass is 19.1. The summed E-state index contributed by atoms with van der Waals surface area (Å²) in [6.45, 7) is 0. The first-order valence-electron chi connectivity index (χ1n) is 3.86. The number of nitrogen functional groups attached to an aromatic ring is 1. The quantitative estimate of drug-likeness (QED) is 0.606. The van der Waals surface area contributed by atoms with Crippen LogP contribution in [0.1, 0.15) is 0 Å². The van der Waals surface area contributed by atoms with E-state index >= 15 is 0 Å². The molecule has 2 aromatic carbocycles. The van der Waals surface area contributed by atoms with Gasteiger partial charge in [-0.25, -0.2) is 4.39 Å². The van der Waals surface area contributed by atoms with Crippen LogP contribution in [0.4, 0.5) is 10.1 Å². The van der Waals surface area contributed by atoms with Gasteiger partial charge < -0.3 is 10.8 Å². The first kappa shape index (κ1) is 7.86. The predicted molar refractivity (Wildman–Crippen MR) is 50.0 cm³/mol. The summed E-state index contributed by atoms with van der Waals surface area (Å²) in [5, 5.41) is 10.2. The van der Waals surface area contributed by atoms with Gasteiger partial charge in [0.25, 0.3) is 0 Å². The van der Waals surface area contributed by atoms with E-state index in [-0.39, 0.29) is 11.4 Å². The lowest BCUT2D eigenvalue weighted by Gasteiger charge is -2.03. The maximum atomic E-state index is 13.3. The Balaban J connectivity index is 2.94. The molecule has 13 heavy (non-hydrogen) atoms. The normalized spacial score (nSPS) is 10.5. The molecule has 2 rings (SSSR count). The zero-order valence-corrected chi connectivity index (χ0v) is 6.79. The van der Waals surface area contributed by atoms with Crippen molar-refractivity contribution in [3.05, 3.63) is 36.1 Å². The summed E-state index contributed by atoms with van der Waals surface area (Å²) in [6.07, 6.45) is 0. The van der Waals surface area contributed by atoms with E-state index < -0.39 is 5.82 Å². The minimum Gasteiger partial charge on any atom is -0.507 e. The minimum absolute atomic E-state index is 0.0661. The second-order valence-electron chi connectivity index (χ2n) is 2.84. The van der Waals surface area contributed by atoms with Crippen molar-refractivity contribution in [3.8, 4) is 5.75 Å². The van der Waals surface area contributed by atoms with Gasteiger partial charge in [-0.05, 0) is 18.2 Å². The fourth-order valence-corrected chi connectivity index (χ4v) is 1.32. The van der Waals surface area contributed by atoms with Gasteiger partial charge in [-0.2, -0.15) is 0 Å². The number of rotatable bonds is 0. The summed E-state index contributed by atoms with van der Waals surface area (Å²) >= 11 is 0. The van der Waals surface area contributed by atoms with Crippen molar-refractivity contribution in [1.82, 2.24) is 0 Å². The average Bonchev–Trinajstić information content (AvgIpc) is 2.12. The first-order chi connectivity index (χ1) is 6.20. The molecule has 0 radical (unpaired) electrons. The molecule has 0 amide bonds.